The monoisotopic (exact) mass is 726 g/mol. The summed E-state index contributed by atoms with van der Waals surface area (Å²) in [5.74, 6) is 0.603. The van der Waals surface area contributed by atoms with Gasteiger partial charge in [0.1, 0.15) is 61.6 Å². The first-order valence-electron chi connectivity index (χ1n) is 17.1. The number of aromatic hydroxyl groups is 2. The first-order chi connectivity index (χ1) is 25.0. The molecule has 0 saturated carbocycles. The van der Waals surface area contributed by atoms with Crippen molar-refractivity contribution in [2.75, 3.05) is 26.4 Å². The van der Waals surface area contributed by atoms with Gasteiger partial charge >= 0.3 is 11.9 Å². The van der Waals surface area contributed by atoms with Crippen molar-refractivity contribution in [2.45, 2.75) is 57.7 Å². The normalized spacial score (nSPS) is 12.3. The fourth-order valence-electron chi connectivity index (χ4n) is 5.04. The number of ether oxygens (including phenoxy) is 4. The molecule has 4 N–H and O–H groups in total. The second-order valence-electron chi connectivity index (χ2n) is 13.5. The van der Waals surface area contributed by atoms with E-state index in [0.717, 1.165) is 28.3 Å². The number of aliphatic hydroxyl groups excluding tert-OH is 2. The summed E-state index contributed by atoms with van der Waals surface area (Å²) in [6.45, 7) is 16.5. The molecule has 0 aliphatic carbocycles. The molecule has 0 saturated heterocycles. The topological polar surface area (TPSA) is 152 Å². The number of carbonyl (C=O) groups excluding carboxylic acids is 2. The van der Waals surface area contributed by atoms with Gasteiger partial charge < -0.3 is 39.4 Å². The van der Waals surface area contributed by atoms with Crippen LogP contribution >= 0.6 is 0 Å². The van der Waals surface area contributed by atoms with E-state index in [1.807, 2.05) is 72.8 Å². The Morgan fingerprint density at radius 3 is 1.25 bits per heavy atom. The number of benzene rings is 4. The van der Waals surface area contributed by atoms with Gasteiger partial charge in [-0.1, -0.05) is 89.4 Å². The van der Waals surface area contributed by atoms with Crippen LogP contribution in [0.1, 0.15) is 56.9 Å². The van der Waals surface area contributed by atoms with E-state index >= 15 is 0 Å². The molecule has 4 aromatic carbocycles. The van der Waals surface area contributed by atoms with E-state index in [-0.39, 0.29) is 54.3 Å². The van der Waals surface area contributed by atoms with Gasteiger partial charge in [0.25, 0.3) is 0 Å². The zero-order valence-corrected chi connectivity index (χ0v) is 31.0. The van der Waals surface area contributed by atoms with Crippen LogP contribution in [0.4, 0.5) is 0 Å². The molecule has 0 amide bonds. The van der Waals surface area contributed by atoms with Gasteiger partial charge in [0.2, 0.25) is 0 Å². The molecule has 0 heterocycles. The molecule has 0 spiro atoms. The van der Waals surface area contributed by atoms with Crippen LogP contribution in [0.15, 0.2) is 122 Å². The fourth-order valence-corrected chi connectivity index (χ4v) is 5.04. The highest BCUT2D eigenvalue weighted by atomic mass is 16.6. The Hall–Kier alpha value is -5.58. The van der Waals surface area contributed by atoms with Crippen molar-refractivity contribution in [3.8, 4) is 23.0 Å². The average Bonchev–Trinajstić information content (AvgIpc) is 3.15. The molecule has 0 aliphatic heterocycles. The lowest BCUT2D eigenvalue weighted by atomic mass is 9.78. The SMILES string of the molecule is C=C(C)C(=O)OCC(O)COc1ccc(C(C)(C)c2ccc(O)cc2)cc1.C=CC(=O)OCC(O)COc1ccc(C(C)(C)c2ccc(O)cc2)cc1. The van der Waals surface area contributed by atoms with Crippen molar-refractivity contribution in [1.82, 2.24) is 0 Å². The first kappa shape index (κ1) is 41.8. The van der Waals surface area contributed by atoms with E-state index in [0.29, 0.717) is 11.5 Å². The molecule has 282 valence electrons. The maximum atomic E-state index is 11.3. The molecule has 0 radical (unpaired) electrons. The summed E-state index contributed by atoms with van der Waals surface area (Å²) in [7, 11) is 0. The number of esters is 2. The average molecular weight is 727 g/mol. The van der Waals surface area contributed by atoms with Gasteiger partial charge in [-0.2, -0.15) is 0 Å². The number of carbonyl (C=O) groups is 2. The Morgan fingerprint density at radius 1 is 0.604 bits per heavy atom. The first-order valence-corrected chi connectivity index (χ1v) is 17.1. The van der Waals surface area contributed by atoms with Crippen molar-refractivity contribution in [2.24, 2.45) is 0 Å². The van der Waals surface area contributed by atoms with Crippen molar-refractivity contribution >= 4 is 11.9 Å². The van der Waals surface area contributed by atoms with Gasteiger partial charge in [-0.15, -0.1) is 0 Å². The van der Waals surface area contributed by atoms with Crippen LogP contribution in [0.5, 0.6) is 23.0 Å². The molecule has 10 heteroatoms. The maximum absolute atomic E-state index is 11.3. The second kappa shape index (κ2) is 19.3. The van der Waals surface area contributed by atoms with Gasteiger partial charge in [0.15, 0.2) is 0 Å². The summed E-state index contributed by atoms with van der Waals surface area (Å²) in [6, 6.07) is 29.5. The lowest BCUT2D eigenvalue weighted by molar-refractivity contribution is -0.142. The minimum absolute atomic E-state index is 0.0180. The molecule has 53 heavy (non-hydrogen) atoms. The Bertz CT molecular complexity index is 1780. The van der Waals surface area contributed by atoms with Crippen LogP contribution in [0.25, 0.3) is 0 Å². The van der Waals surface area contributed by atoms with Crippen LogP contribution in [0, 0.1) is 0 Å². The van der Waals surface area contributed by atoms with Crippen LogP contribution in [-0.4, -0.2) is 71.0 Å². The third kappa shape index (κ3) is 12.9. The molecule has 2 unspecified atom stereocenters. The van der Waals surface area contributed by atoms with E-state index in [1.54, 1.807) is 31.2 Å². The van der Waals surface area contributed by atoms with Gasteiger partial charge in [0, 0.05) is 22.5 Å². The predicted octanol–water partition coefficient (Wildman–Crippen LogP) is 6.76. The molecule has 0 bridgehead atoms. The quantitative estimate of drug-likeness (QED) is 0.0720. The second-order valence-corrected chi connectivity index (χ2v) is 13.5. The lowest BCUT2D eigenvalue weighted by Crippen LogP contribution is -2.25. The standard InChI is InChI=1S/C22H26O5.C21H24O5/c1-15(2)21(25)27-14-19(24)13-26-20-11-7-17(8-12-20)22(3,4)16-5-9-18(23)10-6-16;1-4-20(24)26-14-18(23)13-25-19-11-7-16(8-12-19)21(2,3)15-5-9-17(22)10-6-15/h5-12,19,23-24H,1,13-14H2,2-4H3;4-12,18,22-23H,1,13-14H2,2-3H3. The number of phenols is 2. The number of rotatable bonds is 16. The lowest BCUT2D eigenvalue weighted by Gasteiger charge is -2.26. The molecule has 0 aromatic heterocycles. The maximum Gasteiger partial charge on any atom is 0.333 e. The number of phenolic OH excluding ortho intramolecular Hbond substituents is 2. The number of hydrogen-bond acceptors (Lipinski definition) is 10. The molecule has 10 nitrogen and oxygen atoms in total. The van der Waals surface area contributed by atoms with Crippen molar-refractivity contribution in [1.29, 1.82) is 0 Å². The van der Waals surface area contributed by atoms with Crippen molar-refractivity contribution < 1.29 is 49.0 Å². The zero-order valence-electron chi connectivity index (χ0n) is 31.0. The summed E-state index contributed by atoms with van der Waals surface area (Å²) in [5, 5.41) is 38.5. The summed E-state index contributed by atoms with van der Waals surface area (Å²) >= 11 is 0. The fraction of sp³-hybridized carbons (Fsp3) is 0.302. The zero-order chi connectivity index (χ0) is 39.2. The Balaban J connectivity index is 0.000000286. The Morgan fingerprint density at radius 2 is 0.925 bits per heavy atom. The molecule has 4 aromatic rings. The molecule has 0 fully saturated rings. The third-order valence-corrected chi connectivity index (χ3v) is 8.55. The molecule has 0 aliphatic rings. The van der Waals surface area contributed by atoms with Gasteiger partial charge in [-0.3, -0.25) is 0 Å². The van der Waals surface area contributed by atoms with E-state index in [9.17, 15) is 30.0 Å². The third-order valence-electron chi connectivity index (χ3n) is 8.55. The molecule has 4 rings (SSSR count). The summed E-state index contributed by atoms with van der Waals surface area (Å²) in [4.78, 5) is 22.3. The summed E-state index contributed by atoms with van der Waals surface area (Å²) < 4.78 is 20.7. The van der Waals surface area contributed by atoms with Crippen LogP contribution in [0.2, 0.25) is 0 Å². The Kier molecular flexibility index (Phi) is 15.2. The van der Waals surface area contributed by atoms with Gasteiger partial charge in [-0.05, 0) is 77.7 Å². The van der Waals surface area contributed by atoms with Gasteiger partial charge in [-0.25, -0.2) is 9.59 Å². The smallest absolute Gasteiger partial charge is 0.333 e. The highest BCUT2D eigenvalue weighted by Crippen LogP contribution is 2.34. The van der Waals surface area contributed by atoms with Crippen LogP contribution in [0.3, 0.4) is 0 Å². The molecular formula is C43H50O10. The summed E-state index contributed by atoms with van der Waals surface area (Å²) in [5.41, 5.74) is 4.18. The van der Waals surface area contributed by atoms with E-state index in [4.69, 9.17) is 18.9 Å². The molecule has 2 atom stereocenters. The van der Waals surface area contributed by atoms with E-state index < -0.39 is 24.1 Å². The van der Waals surface area contributed by atoms with Crippen molar-refractivity contribution in [3.63, 3.8) is 0 Å². The largest absolute Gasteiger partial charge is 0.508 e. The van der Waals surface area contributed by atoms with Gasteiger partial charge in [0.05, 0.1) is 0 Å². The van der Waals surface area contributed by atoms with E-state index in [2.05, 4.69) is 40.9 Å². The van der Waals surface area contributed by atoms with Crippen molar-refractivity contribution in [3.05, 3.63) is 144 Å². The van der Waals surface area contributed by atoms with Crippen LogP contribution < -0.4 is 9.47 Å². The number of hydrogen-bond donors (Lipinski definition) is 4. The van der Waals surface area contributed by atoms with Crippen LogP contribution in [-0.2, 0) is 29.9 Å². The number of aliphatic hydroxyl groups is 2. The van der Waals surface area contributed by atoms with E-state index in [1.165, 1.54) is 0 Å². The Labute approximate surface area is 311 Å². The minimum Gasteiger partial charge on any atom is -0.508 e. The highest BCUT2D eigenvalue weighted by molar-refractivity contribution is 5.86. The molecular weight excluding hydrogens is 676 g/mol. The highest BCUT2D eigenvalue weighted by Gasteiger charge is 2.24. The predicted molar refractivity (Wildman–Crippen MR) is 203 cm³/mol. The minimum atomic E-state index is -0.915. The summed E-state index contributed by atoms with van der Waals surface area (Å²) in [6.07, 6.45) is -0.782.